The lowest BCUT2D eigenvalue weighted by molar-refractivity contribution is -0.123. The molecule has 2 rings (SSSR count). The molecule has 0 saturated carbocycles. The summed E-state index contributed by atoms with van der Waals surface area (Å²) in [7, 11) is -3.70. The highest BCUT2D eigenvalue weighted by atomic mass is 32.2. The number of aryl methyl sites for hydroxylation is 1. The van der Waals surface area contributed by atoms with Gasteiger partial charge < -0.3 is 10.1 Å². The summed E-state index contributed by atoms with van der Waals surface area (Å²) < 4.78 is 29.6. The van der Waals surface area contributed by atoms with E-state index in [2.05, 4.69) is 15.2 Å². The molecule has 0 aliphatic rings. The second kappa shape index (κ2) is 9.18. The molecule has 0 fully saturated rings. The van der Waals surface area contributed by atoms with Gasteiger partial charge in [-0.15, -0.1) is 0 Å². The molecule has 2 N–H and O–H groups in total. The molecule has 0 saturated heterocycles. The number of benzene rings is 2. The minimum Gasteiger partial charge on any atom is -0.484 e. The average molecular weight is 389 g/mol. The molecule has 0 bridgehead atoms. The van der Waals surface area contributed by atoms with Crippen LogP contribution in [0, 0.1) is 6.92 Å². The van der Waals surface area contributed by atoms with Gasteiger partial charge in [0, 0.05) is 6.04 Å². The van der Waals surface area contributed by atoms with Crippen LogP contribution in [0.2, 0.25) is 0 Å². The maximum absolute atomic E-state index is 12.1. The topological polar surface area (TPSA) is 96.9 Å². The molecular weight excluding hydrogens is 366 g/mol. The van der Waals surface area contributed by atoms with E-state index in [1.807, 2.05) is 20.8 Å². The third kappa shape index (κ3) is 6.74. The van der Waals surface area contributed by atoms with Crippen molar-refractivity contribution in [2.24, 2.45) is 5.10 Å². The summed E-state index contributed by atoms with van der Waals surface area (Å²) in [6.45, 7) is 5.56. The third-order valence-corrected chi connectivity index (χ3v) is 4.66. The highest BCUT2D eigenvalue weighted by Gasteiger charge is 2.11. The second-order valence-corrected chi connectivity index (χ2v) is 7.91. The Morgan fingerprint density at radius 1 is 1.11 bits per heavy atom. The molecule has 0 atom stereocenters. The van der Waals surface area contributed by atoms with Crippen molar-refractivity contribution in [3.8, 4) is 5.75 Å². The van der Waals surface area contributed by atoms with Crippen LogP contribution in [0.25, 0.3) is 0 Å². The molecule has 0 aliphatic carbocycles. The van der Waals surface area contributed by atoms with Crippen LogP contribution in [-0.2, 0) is 14.8 Å². The van der Waals surface area contributed by atoms with Gasteiger partial charge in [0.15, 0.2) is 6.61 Å². The lowest BCUT2D eigenvalue weighted by atomic mass is 10.2. The van der Waals surface area contributed by atoms with Crippen LogP contribution in [0.1, 0.15) is 25.0 Å². The highest BCUT2D eigenvalue weighted by Crippen LogP contribution is 2.12. The summed E-state index contributed by atoms with van der Waals surface area (Å²) in [6.07, 6.45) is 1.39. The lowest BCUT2D eigenvalue weighted by Gasteiger charge is -2.09. The number of hydrogen-bond donors (Lipinski definition) is 2. The molecule has 0 spiro atoms. The van der Waals surface area contributed by atoms with Crippen LogP contribution < -0.4 is 14.9 Å². The van der Waals surface area contributed by atoms with E-state index in [4.69, 9.17) is 4.74 Å². The highest BCUT2D eigenvalue weighted by molar-refractivity contribution is 7.89. The Labute approximate surface area is 159 Å². The van der Waals surface area contributed by atoms with Crippen molar-refractivity contribution in [1.82, 2.24) is 10.1 Å². The van der Waals surface area contributed by atoms with Crippen LogP contribution >= 0.6 is 0 Å². The monoisotopic (exact) mass is 389 g/mol. The van der Waals surface area contributed by atoms with Gasteiger partial charge >= 0.3 is 0 Å². The number of nitrogens with one attached hydrogen (secondary N) is 2. The van der Waals surface area contributed by atoms with Crippen LogP contribution in [0.3, 0.4) is 0 Å². The van der Waals surface area contributed by atoms with E-state index >= 15 is 0 Å². The molecule has 144 valence electrons. The molecule has 1 amide bonds. The van der Waals surface area contributed by atoms with Crippen molar-refractivity contribution in [2.75, 3.05) is 6.61 Å². The molecule has 2 aromatic rings. The number of ether oxygens (including phenoxy) is 1. The largest absolute Gasteiger partial charge is 0.484 e. The van der Waals surface area contributed by atoms with Gasteiger partial charge in [-0.3, -0.25) is 4.79 Å². The van der Waals surface area contributed by atoms with Crippen molar-refractivity contribution < 1.29 is 17.9 Å². The van der Waals surface area contributed by atoms with Crippen LogP contribution in [-0.4, -0.2) is 33.2 Å². The zero-order chi connectivity index (χ0) is 19.9. The standard InChI is InChI=1S/C19H23N3O4S/c1-14(2)21-19(23)13-26-17-8-6-16(7-9-17)12-20-22-27(24,25)18-10-4-15(3)5-11-18/h4-12,14,22H,13H2,1-3H3,(H,21,23)/b20-12-. The SMILES string of the molecule is Cc1ccc(S(=O)(=O)N/N=C\c2ccc(OCC(=O)NC(C)C)cc2)cc1. The van der Waals surface area contributed by atoms with E-state index in [1.54, 1.807) is 36.4 Å². The average Bonchev–Trinajstić information content (AvgIpc) is 2.61. The fraction of sp³-hybridized carbons (Fsp3) is 0.263. The molecule has 2 aromatic carbocycles. The van der Waals surface area contributed by atoms with E-state index in [0.717, 1.165) is 5.56 Å². The Bertz CT molecular complexity index is 890. The zero-order valence-electron chi connectivity index (χ0n) is 15.5. The maximum atomic E-state index is 12.1. The molecular formula is C19H23N3O4S. The third-order valence-electron chi connectivity index (χ3n) is 3.42. The van der Waals surface area contributed by atoms with Crippen molar-refractivity contribution in [2.45, 2.75) is 31.7 Å². The molecule has 27 heavy (non-hydrogen) atoms. The summed E-state index contributed by atoms with van der Waals surface area (Å²) in [4.78, 5) is 13.9. The molecule has 0 aliphatic heterocycles. The molecule has 0 unspecified atom stereocenters. The van der Waals surface area contributed by atoms with E-state index in [9.17, 15) is 13.2 Å². The summed E-state index contributed by atoms with van der Waals surface area (Å²) in [5.41, 5.74) is 1.65. The van der Waals surface area contributed by atoms with Gasteiger partial charge in [-0.2, -0.15) is 13.5 Å². The summed E-state index contributed by atoms with van der Waals surface area (Å²) in [6, 6.07) is 13.3. The predicted molar refractivity (Wildman–Crippen MR) is 104 cm³/mol. The van der Waals surface area contributed by atoms with Gasteiger partial charge in [0.25, 0.3) is 15.9 Å². The van der Waals surface area contributed by atoms with Gasteiger partial charge in [-0.1, -0.05) is 17.7 Å². The zero-order valence-corrected chi connectivity index (χ0v) is 16.3. The molecule has 7 nitrogen and oxygen atoms in total. The quantitative estimate of drug-likeness (QED) is 0.534. The number of carbonyl (C=O) groups is 1. The number of nitrogens with zero attached hydrogens (tertiary/aromatic N) is 1. The summed E-state index contributed by atoms with van der Waals surface area (Å²) in [5, 5.41) is 6.51. The van der Waals surface area contributed by atoms with E-state index in [0.29, 0.717) is 11.3 Å². The normalized spacial score (nSPS) is 11.6. The Morgan fingerprint density at radius 3 is 2.33 bits per heavy atom. The summed E-state index contributed by atoms with van der Waals surface area (Å²) in [5.74, 6) is 0.340. The van der Waals surface area contributed by atoms with Crippen molar-refractivity contribution in [1.29, 1.82) is 0 Å². The van der Waals surface area contributed by atoms with Crippen LogP contribution in [0.15, 0.2) is 58.5 Å². The predicted octanol–water partition coefficient (Wildman–Crippen LogP) is 2.21. The molecule has 0 heterocycles. The first-order valence-electron chi connectivity index (χ1n) is 8.40. The van der Waals surface area contributed by atoms with Crippen molar-refractivity contribution >= 4 is 22.1 Å². The van der Waals surface area contributed by atoms with Gasteiger partial charge in [0.2, 0.25) is 0 Å². The first kappa shape index (κ1) is 20.4. The second-order valence-electron chi connectivity index (χ2n) is 6.25. The molecule has 0 radical (unpaired) electrons. The Balaban J connectivity index is 1.90. The number of amides is 1. The van der Waals surface area contributed by atoms with Crippen molar-refractivity contribution in [3.63, 3.8) is 0 Å². The number of rotatable bonds is 8. The maximum Gasteiger partial charge on any atom is 0.276 e. The summed E-state index contributed by atoms with van der Waals surface area (Å²) >= 11 is 0. The van der Waals surface area contributed by atoms with Gasteiger partial charge in [-0.05, 0) is 62.7 Å². The van der Waals surface area contributed by atoms with Gasteiger partial charge in [-0.25, -0.2) is 4.83 Å². The molecule has 0 aromatic heterocycles. The van der Waals surface area contributed by atoms with Crippen molar-refractivity contribution in [3.05, 3.63) is 59.7 Å². The molecule has 8 heteroatoms. The van der Waals surface area contributed by atoms with E-state index < -0.39 is 10.0 Å². The number of carbonyl (C=O) groups excluding carboxylic acids is 1. The Morgan fingerprint density at radius 2 is 1.74 bits per heavy atom. The van der Waals surface area contributed by atoms with E-state index in [1.165, 1.54) is 18.3 Å². The first-order chi connectivity index (χ1) is 12.8. The number of sulfonamides is 1. The Hall–Kier alpha value is -2.87. The fourth-order valence-corrected chi connectivity index (χ4v) is 2.89. The van der Waals surface area contributed by atoms with Gasteiger partial charge in [0.1, 0.15) is 5.75 Å². The van der Waals surface area contributed by atoms with Crippen LogP contribution in [0.4, 0.5) is 0 Å². The number of hydrazone groups is 1. The fourth-order valence-electron chi connectivity index (χ4n) is 2.10. The smallest absolute Gasteiger partial charge is 0.276 e. The minimum absolute atomic E-state index is 0.0587. The minimum atomic E-state index is -3.70. The van der Waals surface area contributed by atoms with Gasteiger partial charge in [0.05, 0.1) is 11.1 Å². The first-order valence-corrected chi connectivity index (χ1v) is 9.88. The number of hydrogen-bond acceptors (Lipinski definition) is 5. The Kier molecular flexibility index (Phi) is 6.95. The van der Waals surface area contributed by atoms with Crippen LogP contribution in [0.5, 0.6) is 5.75 Å². The lowest BCUT2D eigenvalue weighted by Crippen LogP contribution is -2.34. The van der Waals surface area contributed by atoms with E-state index in [-0.39, 0.29) is 23.5 Å².